The van der Waals surface area contributed by atoms with Crippen LogP contribution in [0.3, 0.4) is 0 Å². The van der Waals surface area contributed by atoms with Crippen LogP contribution in [0.1, 0.15) is 59.8 Å². The van der Waals surface area contributed by atoms with Crippen LogP contribution in [0.2, 0.25) is 0 Å². The van der Waals surface area contributed by atoms with Crippen LogP contribution in [0.5, 0.6) is 0 Å². The van der Waals surface area contributed by atoms with Crippen molar-refractivity contribution in [1.82, 2.24) is 0 Å². The van der Waals surface area contributed by atoms with Crippen molar-refractivity contribution in [1.29, 1.82) is 0 Å². The lowest BCUT2D eigenvalue weighted by atomic mass is 9.81. The van der Waals surface area contributed by atoms with Crippen molar-refractivity contribution in [2.75, 3.05) is 13.2 Å². The van der Waals surface area contributed by atoms with Crippen molar-refractivity contribution in [2.24, 2.45) is 11.8 Å². The molecule has 0 aromatic rings. The van der Waals surface area contributed by atoms with Gasteiger partial charge in [0.15, 0.2) is 0 Å². The number of rotatable bonds is 6. The fourth-order valence-electron chi connectivity index (χ4n) is 2.90. The third-order valence-corrected chi connectivity index (χ3v) is 3.85. The van der Waals surface area contributed by atoms with Crippen molar-refractivity contribution >= 4 is 11.9 Å². The van der Waals surface area contributed by atoms with E-state index in [9.17, 15) is 9.59 Å². The molecule has 1 unspecified atom stereocenters. The van der Waals surface area contributed by atoms with E-state index < -0.39 is 5.92 Å². The molecule has 120 valence electrons. The highest BCUT2D eigenvalue weighted by molar-refractivity contribution is 5.96. The topological polar surface area (TPSA) is 52.6 Å². The zero-order chi connectivity index (χ0) is 15.8. The first-order chi connectivity index (χ1) is 10.0. The lowest BCUT2D eigenvalue weighted by molar-refractivity contribution is -0.151. The number of carbonyl (C=O) groups is 2. The summed E-state index contributed by atoms with van der Waals surface area (Å²) in [5.74, 6) is -1.16. The second-order valence-corrected chi connectivity index (χ2v) is 5.77. The molecule has 4 nitrogen and oxygen atoms in total. The standard InChI is InChI=1S/C17H28O4/c1-5-20-16(18)14(12(3)4)15(17(19)21-6-2)13-10-8-7-9-11-13/h12,14H,5-11H2,1-4H3. The molecular weight excluding hydrogens is 268 g/mol. The molecule has 0 bridgehead atoms. The number of hydrogen-bond acceptors (Lipinski definition) is 4. The Bertz CT molecular complexity index is 388. The highest BCUT2D eigenvalue weighted by atomic mass is 16.5. The second-order valence-electron chi connectivity index (χ2n) is 5.77. The first-order valence-electron chi connectivity index (χ1n) is 8.08. The zero-order valence-corrected chi connectivity index (χ0v) is 13.7. The van der Waals surface area contributed by atoms with Gasteiger partial charge >= 0.3 is 11.9 Å². The van der Waals surface area contributed by atoms with E-state index in [1.165, 1.54) is 6.42 Å². The number of carbonyl (C=O) groups excluding carboxylic acids is 2. The van der Waals surface area contributed by atoms with Crippen LogP contribution in [0.4, 0.5) is 0 Å². The minimum atomic E-state index is -0.517. The van der Waals surface area contributed by atoms with Crippen molar-refractivity contribution in [3.8, 4) is 0 Å². The zero-order valence-electron chi connectivity index (χ0n) is 13.7. The highest BCUT2D eigenvalue weighted by Gasteiger charge is 2.35. The first kappa shape index (κ1) is 17.7. The molecule has 1 saturated carbocycles. The van der Waals surface area contributed by atoms with Crippen molar-refractivity contribution in [3.63, 3.8) is 0 Å². The average molecular weight is 296 g/mol. The second kappa shape index (κ2) is 8.85. The fourth-order valence-corrected chi connectivity index (χ4v) is 2.90. The number of esters is 2. The molecule has 21 heavy (non-hydrogen) atoms. The molecule has 0 heterocycles. The molecule has 0 radical (unpaired) electrons. The summed E-state index contributed by atoms with van der Waals surface area (Å²) in [5, 5.41) is 0. The smallest absolute Gasteiger partial charge is 0.334 e. The Morgan fingerprint density at radius 1 is 1.00 bits per heavy atom. The number of hydrogen-bond donors (Lipinski definition) is 0. The van der Waals surface area contributed by atoms with E-state index in [1.807, 2.05) is 13.8 Å². The van der Waals surface area contributed by atoms with Crippen LogP contribution < -0.4 is 0 Å². The SMILES string of the molecule is CCOC(=O)C(=C1CCCCC1)C(C(=O)OCC)C(C)C. The van der Waals surface area contributed by atoms with E-state index in [1.54, 1.807) is 13.8 Å². The molecule has 1 fully saturated rings. The van der Waals surface area contributed by atoms with Crippen molar-refractivity contribution < 1.29 is 19.1 Å². The van der Waals surface area contributed by atoms with E-state index in [0.29, 0.717) is 18.8 Å². The molecule has 0 aliphatic heterocycles. The Kier molecular flexibility index (Phi) is 7.48. The summed E-state index contributed by atoms with van der Waals surface area (Å²) >= 11 is 0. The molecule has 0 amide bonds. The maximum Gasteiger partial charge on any atom is 0.334 e. The van der Waals surface area contributed by atoms with Gasteiger partial charge in [0.2, 0.25) is 0 Å². The third-order valence-electron chi connectivity index (χ3n) is 3.85. The Morgan fingerprint density at radius 3 is 2.05 bits per heavy atom. The maximum atomic E-state index is 12.4. The molecular formula is C17H28O4. The summed E-state index contributed by atoms with van der Waals surface area (Å²) < 4.78 is 10.4. The molecule has 1 atom stereocenters. The minimum absolute atomic E-state index is 0.0119. The van der Waals surface area contributed by atoms with Crippen molar-refractivity contribution in [2.45, 2.75) is 59.8 Å². The van der Waals surface area contributed by atoms with Crippen LogP contribution >= 0.6 is 0 Å². The van der Waals surface area contributed by atoms with Gasteiger partial charge in [-0.15, -0.1) is 0 Å². The normalized spacial score (nSPS) is 16.5. The average Bonchev–Trinajstić information content (AvgIpc) is 2.45. The van der Waals surface area contributed by atoms with E-state index in [4.69, 9.17) is 9.47 Å². The molecule has 1 aliphatic rings. The fraction of sp³-hybridized carbons (Fsp3) is 0.765. The van der Waals surface area contributed by atoms with Gasteiger partial charge in [0.1, 0.15) is 0 Å². The van der Waals surface area contributed by atoms with Gasteiger partial charge in [0.25, 0.3) is 0 Å². The largest absolute Gasteiger partial charge is 0.466 e. The maximum absolute atomic E-state index is 12.4. The molecule has 0 spiro atoms. The molecule has 0 saturated heterocycles. The van der Waals surface area contributed by atoms with E-state index in [-0.39, 0.29) is 17.9 Å². The Hall–Kier alpha value is -1.32. The summed E-state index contributed by atoms with van der Waals surface area (Å²) in [6.07, 6.45) is 5.11. The molecule has 1 aliphatic carbocycles. The predicted molar refractivity (Wildman–Crippen MR) is 81.7 cm³/mol. The number of allylic oxidation sites excluding steroid dienone is 1. The van der Waals surface area contributed by atoms with Gasteiger partial charge in [0, 0.05) is 0 Å². The van der Waals surface area contributed by atoms with Crippen LogP contribution in [0.25, 0.3) is 0 Å². The van der Waals surface area contributed by atoms with E-state index >= 15 is 0 Å². The van der Waals surface area contributed by atoms with Gasteiger partial charge < -0.3 is 9.47 Å². The molecule has 0 N–H and O–H groups in total. The van der Waals surface area contributed by atoms with Gasteiger partial charge in [-0.3, -0.25) is 4.79 Å². The van der Waals surface area contributed by atoms with Crippen LogP contribution in [-0.4, -0.2) is 25.2 Å². The summed E-state index contributed by atoms with van der Waals surface area (Å²) in [6, 6.07) is 0. The quantitative estimate of drug-likeness (QED) is 0.554. The summed E-state index contributed by atoms with van der Waals surface area (Å²) in [7, 11) is 0. The molecule has 0 aromatic heterocycles. The van der Waals surface area contributed by atoms with E-state index in [0.717, 1.165) is 31.3 Å². The van der Waals surface area contributed by atoms with Crippen LogP contribution in [0.15, 0.2) is 11.1 Å². The van der Waals surface area contributed by atoms with Crippen LogP contribution in [0, 0.1) is 11.8 Å². The molecule has 1 rings (SSSR count). The van der Waals surface area contributed by atoms with Gasteiger partial charge in [0.05, 0.1) is 24.7 Å². The van der Waals surface area contributed by atoms with Gasteiger partial charge in [-0.25, -0.2) is 4.79 Å². The third kappa shape index (κ3) is 4.87. The van der Waals surface area contributed by atoms with Gasteiger partial charge in [-0.1, -0.05) is 25.8 Å². The predicted octanol–water partition coefficient (Wildman–Crippen LogP) is 3.65. The lowest BCUT2D eigenvalue weighted by Crippen LogP contribution is -2.31. The van der Waals surface area contributed by atoms with E-state index in [2.05, 4.69) is 0 Å². The van der Waals surface area contributed by atoms with Crippen LogP contribution in [-0.2, 0) is 19.1 Å². The Labute approximate surface area is 127 Å². The Balaban J connectivity index is 3.18. The van der Waals surface area contributed by atoms with Gasteiger partial charge in [-0.05, 0) is 45.4 Å². The monoisotopic (exact) mass is 296 g/mol. The highest BCUT2D eigenvalue weighted by Crippen LogP contribution is 2.33. The minimum Gasteiger partial charge on any atom is -0.466 e. The molecule has 4 heteroatoms. The number of ether oxygens (including phenoxy) is 2. The first-order valence-corrected chi connectivity index (χ1v) is 8.08. The summed E-state index contributed by atoms with van der Waals surface area (Å²) in [5.41, 5.74) is 1.65. The molecule has 0 aromatic carbocycles. The summed E-state index contributed by atoms with van der Waals surface area (Å²) in [4.78, 5) is 24.7. The summed E-state index contributed by atoms with van der Waals surface area (Å²) in [6.45, 7) is 8.12. The lowest BCUT2D eigenvalue weighted by Gasteiger charge is -2.26. The van der Waals surface area contributed by atoms with Crippen molar-refractivity contribution in [3.05, 3.63) is 11.1 Å². The van der Waals surface area contributed by atoms with Gasteiger partial charge in [-0.2, -0.15) is 0 Å². The Morgan fingerprint density at radius 2 is 1.57 bits per heavy atom.